The molecule has 2 aliphatic heterocycles. The second-order valence-corrected chi connectivity index (χ2v) is 9.76. The zero-order chi connectivity index (χ0) is 26.1. The van der Waals surface area contributed by atoms with Crippen LogP contribution in [0.2, 0.25) is 10.0 Å². The molecule has 0 unspecified atom stereocenters. The molecule has 1 N–H and O–H groups in total. The summed E-state index contributed by atoms with van der Waals surface area (Å²) < 4.78 is 16.5. The summed E-state index contributed by atoms with van der Waals surface area (Å²) in [5.41, 5.74) is 1.08. The molecule has 5 rings (SSSR count). The molecule has 37 heavy (non-hydrogen) atoms. The molecule has 0 spiro atoms. The van der Waals surface area contributed by atoms with E-state index >= 15 is 0 Å². The number of hydrogen-bond acceptors (Lipinski definition) is 9. The summed E-state index contributed by atoms with van der Waals surface area (Å²) in [6.45, 7) is 6.34. The number of anilines is 2. The smallest absolute Gasteiger partial charge is 0.165 e. The molecule has 2 aromatic heterocycles. The standard InChI is InChI=1S/C26H27Cl2N5O4/c1-4-15(34)8-14-12-37-13-18(14)30-21-9-16-17(11-29-21)31-25(32-26(16)33-6-5-7-33)22-23(27)19(35-2)10-20(36-3)24(22)28/h4,9-11,14,18H,1,5-8,12-13H2,2-3H3,(H,29,30)/t14-,18+/m0/s1. The summed E-state index contributed by atoms with van der Waals surface area (Å²) in [5, 5.41) is 4.89. The van der Waals surface area contributed by atoms with Crippen LogP contribution < -0.4 is 19.7 Å². The SMILES string of the molecule is C=CC(=O)C[C@H]1COC[C@H]1Nc1cc2c(N3CCC3)nc(-c3c(Cl)c(OC)cc(OC)c3Cl)nc2cn1. The molecule has 3 aromatic rings. The van der Waals surface area contributed by atoms with Crippen LogP contribution in [0.3, 0.4) is 0 Å². The van der Waals surface area contributed by atoms with Crippen LogP contribution in [-0.4, -0.2) is 67.3 Å². The lowest BCUT2D eigenvalue weighted by Gasteiger charge is -2.33. The minimum atomic E-state index is -0.0386. The Balaban J connectivity index is 1.56. The predicted molar refractivity (Wildman–Crippen MR) is 144 cm³/mol. The average molecular weight is 544 g/mol. The van der Waals surface area contributed by atoms with Gasteiger partial charge in [0.2, 0.25) is 0 Å². The Labute approximate surface area is 224 Å². The highest BCUT2D eigenvalue weighted by Gasteiger charge is 2.30. The normalized spacial score (nSPS) is 19.0. The number of pyridine rings is 1. The first kappa shape index (κ1) is 25.5. The molecule has 9 nitrogen and oxygen atoms in total. The fraction of sp³-hybridized carbons (Fsp3) is 0.385. The number of carbonyl (C=O) groups excluding carboxylic acids is 1. The number of halogens is 2. The third-order valence-corrected chi connectivity index (χ3v) is 7.49. The molecule has 0 saturated carbocycles. The highest BCUT2D eigenvalue weighted by Crippen LogP contribution is 2.46. The zero-order valence-electron chi connectivity index (χ0n) is 20.6. The average Bonchev–Trinajstić information content (AvgIpc) is 3.29. The topological polar surface area (TPSA) is 98.7 Å². The molecule has 194 valence electrons. The molecule has 2 aliphatic rings. The lowest BCUT2D eigenvalue weighted by Crippen LogP contribution is -2.38. The number of nitrogens with one attached hydrogen (secondary N) is 1. The number of aromatic nitrogens is 3. The molecular formula is C26H27Cl2N5O4. The molecule has 4 heterocycles. The van der Waals surface area contributed by atoms with E-state index in [9.17, 15) is 4.79 Å². The van der Waals surface area contributed by atoms with Gasteiger partial charge in [0.25, 0.3) is 0 Å². The first-order valence-corrected chi connectivity index (χ1v) is 12.7. The van der Waals surface area contributed by atoms with E-state index in [4.69, 9.17) is 47.4 Å². The summed E-state index contributed by atoms with van der Waals surface area (Å²) in [7, 11) is 3.05. The minimum Gasteiger partial charge on any atom is -0.495 e. The second-order valence-electron chi connectivity index (χ2n) is 9.01. The summed E-state index contributed by atoms with van der Waals surface area (Å²) in [4.78, 5) is 28.4. The van der Waals surface area contributed by atoms with E-state index in [1.165, 1.54) is 20.3 Å². The molecule has 0 amide bonds. The van der Waals surface area contributed by atoms with E-state index in [1.807, 2.05) is 6.07 Å². The van der Waals surface area contributed by atoms with E-state index in [0.29, 0.717) is 63.9 Å². The van der Waals surface area contributed by atoms with Crippen LogP contribution >= 0.6 is 23.2 Å². The van der Waals surface area contributed by atoms with Crippen LogP contribution in [0.25, 0.3) is 22.3 Å². The first-order chi connectivity index (χ1) is 17.9. The van der Waals surface area contributed by atoms with Crippen LogP contribution in [0.5, 0.6) is 11.5 Å². The minimum absolute atomic E-state index is 0.00117. The Morgan fingerprint density at radius 1 is 1.19 bits per heavy atom. The molecule has 2 saturated heterocycles. The van der Waals surface area contributed by atoms with Crippen molar-refractivity contribution < 1.29 is 19.0 Å². The molecule has 2 atom stereocenters. The maximum atomic E-state index is 11.9. The number of nitrogens with zero attached hydrogens (tertiary/aromatic N) is 4. The summed E-state index contributed by atoms with van der Waals surface area (Å²) in [6, 6.07) is 3.53. The monoisotopic (exact) mass is 543 g/mol. The number of benzene rings is 1. The molecular weight excluding hydrogens is 517 g/mol. The Kier molecular flexibility index (Phi) is 7.37. The van der Waals surface area contributed by atoms with E-state index < -0.39 is 0 Å². The Morgan fingerprint density at radius 2 is 1.92 bits per heavy atom. The van der Waals surface area contributed by atoms with Crippen molar-refractivity contribution in [3.05, 3.63) is 41.0 Å². The number of carbonyl (C=O) groups is 1. The van der Waals surface area contributed by atoms with Gasteiger partial charge in [-0.1, -0.05) is 29.8 Å². The Bertz CT molecular complexity index is 1340. The van der Waals surface area contributed by atoms with Gasteiger partial charge < -0.3 is 24.4 Å². The van der Waals surface area contributed by atoms with Crippen molar-refractivity contribution in [2.75, 3.05) is 50.7 Å². The molecule has 11 heteroatoms. The maximum absolute atomic E-state index is 11.9. The van der Waals surface area contributed by atoms with Gasteiger partial charge in [0, 0.05) is 36.9 Å². The van der Waals surface area contributed by atoms with Gasteiger partial charge >= 0.3 is 0 Å². The lowest BCUT2D eigenvalue weighted by atomic mass is 9.97. The van der Waals surface area contributed by atoms with Crippen molar-refractivity contribution in [3.63, 3.8) is 0 Å². The number of allylic oxidation sites excluding steroid dienone is 1. The highest BCUT2D eigenvalue weighted by atomic mass is 35.5. The van der Waals surface area contributed by atoms with Gasteiger partial charge in [-0.25, -0.2) is 15.0 Å². The van der Waals surface area contributed by atoms with Crippen molar-refractivity contribution in [3.8, 4) is 22.9 Å². The van der Waals surface area contributed by atoms with Crippen molar-refractivity contribution in [2.45, 2.75) is 18.9 Å². The van der Waals surface area contributed by atoms with Gasteiger partial charge in [0.15, 0.2) is 11.6 Å². The second kappa shape index (κ2) is 10.7. The quantitative estimate of drug-likeness (QED) is 0.381. The van der Waals surface area contributed by atoms with Crippen molar-refractivity contribution in [1.29, 1.82) is 0 Å². The fourth-order valence-corrected chi connectivity index (χ4v) is 5.22. The zero-order valence-corrected chi connectivity index (χ0v) is 22.1. The number of ether oxygens (including phenoxy) is 3. The van der Waals surface area contributed by atoms with Crippen molar-refractivity contribution >= 4 is 51.5 Å². The summed E-state index contributed by atoms with van der Waals surface area (Å²) >= 11 is 13.3. The first-order valence-electron chi connectivity index (χ1n) is 12.0. The van der Waals surface area contributed by atoms with Crippen LogP contribution in [0.4, 0.5) is 11.6 Å². The molecule has 0 radical (unpaired) electrons. The van der Waals surface area contributed by atoms with E-state index in [-0.39, 0.29) is 17.7 Å². The van der Waals surface area contributed by atoms with Crippen LogP contribution in [0.1, 0.15) is 12.8 Å². The van der Waals surface area contributed by atoms with Crippen LogP contribution in [0, 0.1) is 5.92 Å². The van der Waals surface area contributed by atoms with E-state index in [1.54, 1.807) is 12.3 Å². The fourth-order valence-electron chi connectivity index (χ4n) is 4.55. The van der Waals surface area contributed by atoms with Crippen LogP contribution in [-0.2, 0) is 9.53 Å². The number of ketones is 1. The van der Waals surface area contributed by atoms with Crippen LogP contribution in [0.15, 0.2) is 31.0 Å². The van der Waals surface area contributed by atoms with Gasteiger partial charge in [-0.05, 0) is 18.6 Å². The number of hydrogen-bond donors (Lipinski definition) is 1. The van der Waals surface area contributed by atoms with Gasteiger partial charge in [-0.2, -0.15) is 0 Å². The third-order valence-electron chi connectivity index (χ3n) is 6.74. The van der Waals surface area contributed by atoms with Crippen molar-refractivity contribution in [2.24, 2.45) is 5.92 Å². The van der Waals surface area contributed by atoms with Gasteiger partial charge in [-0.3, -0.25) is 4.79 Å². The lowest BCUT2D eigenvalue weighted by molar-refractivity contribution is -0.115. The van der Waals surface area contributed by atoms with Crippen molar-refractivity contribution in [1.82, 2.24) is 15.0 Å². The predicted octanol–water partition coefficient (Wildman–Crippen LogP) is 4.80. The van der Waals surface area contributed by atoms with E-state index in [0.717, 1.165) is 30.7 Å². The molecule has 2 fully saturated rings. The number of methoxy groups -OCH3 is 2. The highest BCUT2D eigenvalue weighted by molar-refractivity contribution is 6.41. The van der Waals surface area contributed by atoms with E-state index in [2.05, 4.69) is 21.8 Å². The molecule has 1 aromatic carbocycles. The summed E-state index contributed by atoms with van der Waals surface area (Å²) in [5.74, 6) is 2.66. The number of rotatable bonds is 9. The Morgan fingerprint density at radius 3 is 2.54 bits per heavy atom. The van der Waals surface area contributed by atoms with Gasteiger partial charge in [-0.15, -0.1) is 0 Å². The Hall–Kier alpha value is -3.14. The molecule has 0 bridgehead atoms. The largest absolute Gasteiger partial charge is 0.495 e. The maximum Gasteiger partial charge on any atom is 0.165 e. The van der Waals surface area contributed by atoms with Gasteiger partial charge in [0.05, 0.1) is 60.8 Å². The summed E-state index contributed by atoms with van der Waals surface area (Å²) in [6.07, 6.45) is 4.51. The number of fused-ring (bicyclic) bond motifs is 1. The third kappa shape index (κ3) is 4.91. The molecule has 0 aliphatic carbocycles. The van der Waals surface area contributed by atoms with Gasteiger partial charge in [0.1, 0.15) is 23.1 Å².